The zero-order valence-electron chi connectivity index (χ0n) is 11.5. The molecule has 2 nitrogen and oxygen atoms in total. The van der Waals surface area contributed by atoms with Crippen LogP contribution in [0.2, 0.25) is 0 Å². The smallest absolute Gasteiger partial charge is 0.146 e. The molecule has 0 unspecified atom stereocenters. The van der Waals surface area contributed by atoms with Crippen molar-refractivity contribution < 1.29 is 4.39 Å². The third kappa shape index (κ3) is 2.83. The molecule has 1 aromatic rings. The molecule has 1 aliphatic rings. The van der Waals surface area contributed by atoms with Crippen LogP contribution in [0.4, 0.5) is 10.1 Å². The maximum atomic E-state index is 14.2. The van der Waals surface area contributed by atoms with E-state index >= 15 is 0 Å². The lowest BCUT2D eigenvalue weighted by atomic mass is 9.98. The van der Waals surface area contributed by atoms with Gasteiger partial charge < -0.3 is 10.2 Å². The Morgan fingerprint density at radius 2 is 2.00 bits per heavy atom. The fraction of sp³-hybridized carbons (Fsp3) is 0.600. The first-order chi connectivity index (χ1) is 8.61. The van der Waals surface area contributed by atoms with Crippen LogP contribution in [0.15, 0.2) is 18.2 Å². The average molecular weight is 250 g/mol. The van der Waals surface area contributed by atoms with Crippen molar-refractivity contribution in [2.75, 3.05) is 25.0 Å². The Labute approximate surface area is 109 Å². The summed E-state index contributed by atoms with van der Waals surface area (Å²) in [7, 11) is 1.89. The SMILES string of the molecule is CN[C@H](C)c1ccc(N2CCC(C)CC2)c(F)c1. The van der Waals surface area contributed by atoms with Gasteiger partial charge in [0.25, 0.3) is 0 Å². The van der Waals surface area contributed by atoms with Gasteiger partial charge in [-0.25, -0.2) is 4.39 Å². The van der Waals surface area contributed by atoms with Gasteiger partial charge in [-0.05, 0) is 50.4 Å². The van der Waals surface area contributed by atoms with Crippen LogP contribution >= 0.6 is 0 Å². The van der Waals surface area contributed by atoms with Gasteiger partial charge in [-0.15, -0.1) is 0 Å². The zero-order chi connectivity index (χ0) is 13.1. The number of benzene rings is 1. The van der Waals surface area contributed by atoms with Crippen LogP contribution in [-0.2, 0) is 0 Å². The van der Waals surface area contributed by atoms with Gasteiger partial charge in [0.2, 0.25) is 0 Å². The Hall–Kier alpha value is -1.09. The Bertz CT molecular complexity index is 397. The van der Waals surface area contributed by atoms with Crippen molar-refractivity contribution in [1.29, 1.82) is 0 Å². The molecule has 0 amide bonds. The summed E-state index contributed by atoms with van der Waals surface area (Å²) in [5, 5.41) is 3.13. The van der Waals surface area contributed by atoms with E-state index in [1.54, 1.807) is 6.07 Å². The van der Waals surface area contributed by atoms with E-state index in [2.05, 4.69) is 17.1 Å². The maximum Gasteiger partial charge on any atom is 0.146 e. The zero-order valence-corrected chi connectivity index (χ0v) is 11.5. The number of nitrogens with zero attached hydrogens (tertiary/aromatic N) is 1. The number of nitrogens with one attached hydrogen (secondary N) is 1. The molecule has 18 heavy (non-hydrogen) atoms. The molecular weight excluding hydrogens is 227 g/mol. The predicted molar refractivity (Wildman–Crippen MR) is 74.5 cm³/mol. The molecule has 3 heteroatoms. The van der Waals surface area contributed by atoms with Crippen LogP contribution in [-0.4, -0.2) is 20.1 Å². The molecule has 1 aliphatic heterocycles. The quantitative estimate of drug-likeness (QED) is 0.885. The van der Waals surface area contributed by atoms with Crippen molar-refractivity contribution in [1.82, 2.24) is 5.32 Å². The van der Waals surface area contributed by atoms with Crippen LogP contribution in [0, 0.1) is 11.7 Å². The molecule has 0 saturated carbocycles. The molecule has 100 valence electrons. The summed E-state index contributed by atoms with van der Waals surface area (Å²) in [6, 6.07) is 5.80. The first-order valence-corrected chi connectivity index (χ1v) is 6.83. The topological polar surface area (TPSA) is 15.3 Å². The molecule has 1 fully saturated rings. The molecule has 1 saturated heterocycles. The van der Waals surface area contributed by atoms with Gasteiger partial charge in [0.1, 0.15) is 5.82 Å². The van der Waals surface area contributed by atoms with E-state index in [1.807, 2.05) is 26.1 Å². The summed E-state index contributed by atoms with van der Waals surface area (Å²) >= 11 is 0. The standard InChI is InChI=1S/C15H23FN2/c1-11-6-8-18(9-7-11)15-5-4-13(10-14(15)16)12(2)17-3/h4-5,10-12,17H,6-9H2,1-3H3/t12-/m1/s1. The van der Waals surface area contributed by atoms with Crippen molar-refractivity contribution in [3.8, 4) is 0 Å². The van der Waals surface area contributed by atoms with Crippen molar-refractivity contribution in [2.24, 2.45) is 5.92 Å². The largest absolute Gasteiger partial charge is 0.369 e. The van der Waals surface area contributed by atoms with E-state index in [1.165, 1.54) is 0 Å². The molecule has 2 rings (SSSR count). The number of piperidine rings is 1. The molecule has 0 bridgehead atoms. The summed E-state index contributed by atoms with van der Waals surface area (Å²) in [5.41, 5.74) is 1.76. The summed E-state index contributed by atoms with van der Waals surface area (Å²) < 4.78 is 14.2. The molecule has 0 spiro atoms. The number of rotatable bonds is 3. The van der Waals surface area contributed by atoms with Crippen molar-refractivity contribution in [3.63, 3.8) is 0 Å². The van der Waals surface area contributed by atoms with Gasteiger partial charge in [-0.1, -0.05) is 13.0 Å². The Morgan fingerprint density at radius 3 is 2.56 bits per heavy atom. The lowest BCUT2D eigenvalue weighted by molar-refractivity contribution is 0.434. The van der Waals surface area contributed by atoms with Crippen LogP contribution in [0.1, 0.15) is 38.3 Å². The highest BCUT2D eigenvalue weighted by atomic mass is 19.1. The molecule has 1 heterocycles. The molecule has 1 aromatic carbocycles. The van der Waals surface area contributed by atoms with E-state index in [9.17, 15) is 4.39 Å². The molecule has 0 radical (unpaired) electrons. The fourth-order valence-electron chi connectivity index (χ4n) is 2.47. The minimum Gasteiger partial charge on any atom is -0.369 e. The van der Waals surface area contributed by atoms with E-state index < -0.39 is 0 Å². The fourth-order valence-corrected chi connectivity index (χ4v) is 2.47. The molecule has 1 atom stereocenters. The monoisotopic (exact) mass is 250 g/mol. The van der Waals surface area contributed by atoms with Gasteiger partial charge in [0.05, 0.1) is 5.69 Å². The normalized spacial score (nSPS) is 19.0. The summed E-state index contributed by atoms with van der Waals surface area (Å²) in [6.45, 7) is 6.25. The van der Waals surface area contributed by atoms with E-state index in [-0.39, 0.29) is 11.9 Å². The molecule has 0 aromatic heterocycles. The lowest BCUT2D eigenvalue weighted by Crippen LogP contribution is -2.33. The lowest BCUT2D eigenvalue weighted by Gasteiger charge is -2.32. The van der Waals surface area contributed by atoms with Crippen molar-refractivity contribution in [2.45, 2.75) is 32.7 Å². The maximum absolute atomic E-state index is 14.2. The number of halogens is 1. The second-order valence-electron chi connectivity index (χ2n) is 5.39. The van der Waals surface area contributed by atoms with Gasteiger partial charge in [0, 0.05) is 19.1 Å². The molecule has 0 aliphatic carbocycles. The van der Waals surface area contributed by atoms with Gasteiger partial charge >= 0.3 is 0 Å². The third-order valence-electron chi connectivity index (χ3n) is 4.03. The van der Waals surface area contributed by atoms with Gasteiger partial charge in [-0.2, -0.15) is 0 Å². The van der Waals surface area contributed by atoms with Crippen LogP contribution < -0.4 is 10.2 Å². The van der Waals surface area contributed by atoms with Crippen molar-refractivity contribution >= 4 is 5.69 Å². The number of anilines is 1. The Balaban J connectivity index is 2.14. The first-order valence-electron chi connectivity index (χ1n) is 6.83. The minimum atomic E-state index is -0.0934. The van der Waals surface area contributed by atoms with E-state index in [4.69, 9.17) is 0 Å². The Morgan fingerprint density at radius 1 is 1.33 bits per heavy atom. The van der Waals surface area contributed by atoms with Crippen LogP contribution in [0.25, 0.3) is 0 Å². The predicted octanol–water partition coefficient (Wildman–Crippen LogP) is 3.34. The van der Waals surface area contributed by atoms with Gasteiger partial charge in [-0.3, -0.25) is 0 Å². The summed E-state index contributed by atoms with van der Waals surface area (Å²) in [5.74, 6) is 0.678. The van der Waals surface area contributed by atoms with E-state index in [0.29, 0.717) is 0 Å². The molecular formula is C15H23FN2. The summed E-state index contributed by atoms with van der Waals surface area (Å²) in [6.07, 6.45) is 2.32. The average Bonchev–Trinajstić information content (AvgIpc) is 2.39. The minimum absolute atomic E-state index is 0.0934. The van der Waals surface area contributed by atoms with Crippen LogP contribution in [0.3, 0.4) is 0 Å². The highest BCUT2D eigenvalue weighted by Gasteiger charge is 2.19. The summed E-state index contributed by atoms with van der Waals surface area (Å²) in [4.78, 5) is 2.17. The highest BCUT2D eigenvalue weighted by Crippen LogP contribution is 2.27. The van der Waals surface area contributed by atoms with Crippen molar-refractivity contribution in [3.05, 3.63) is 29.6 Å². The number of hydrogen-bond acceptors (Lipinski definition) is 2. The highest BCUT2D eigenvalue weighted by molar-refractivity contribution is 5.49. The number of hydrogen-bond donors (Lipinski definition) is 1. The molecule has 1 N–H and O–H groups in total. The van der Waals surface area contributed by atoms with Crippen LogP contribution in [0.5, 0.6) is 0 Å². The van der Waals surface area contributed by atoms with E-state index in [0.717, 1.165) is 43.1 Å². The third-order valence-corrected chi connectivity index (χ3v) is 4.03. The second kappa shape index (κ2) is 5.70. The first kappa shape index (κ1) is 13.3. The second-order valence-corrected chi connectivity index (χ2v) is 5.39. The van der Waals surface area contributed by atoms with Gasteiger partial charge in [0.15, 0.2) is 0 Å². The Kier molecular flexibility index (Phi) is 4.23.